The third kappa shape index (κ3) is 5.80. The van der Waals surface area contributed by atoms with E-state index in [2.05, 4.69) is 44.9 Å². The third-order valence-corrected chi connectivity index (χ3v) is 2.54. The largest absolute Gasteiger partial charge is 0.351 e. The van der Waals surface area contributed by atoms with E-state index in [1.807, 2.05) is 12.1 Å². The lowest BCUT2D eigenvalue weighted by molar-refractivity contribution is -0.122. The lowest BCUT2D eigenvalue weighted by Crippen LogP contribution is -2.46. The van der Waals surface area contributed by atoms with Gasteiger partial charge in [0.25, 0.3) is 0 Å². The maximum atomic E-state index is 12.0. The molecule has 3 heteroatoms. The van der Waals surface area contributed by atoms with Crippen LogP contribution in [-0.4, -0.2) is 16.4 Å². The van der Waals surface area contributed by atoms with Crippen LogP contribution in [0.1, 0.15) is 46.6 Å². The standard InChI is InChI=1S/C15H24N2O/c1-14(2,3)11-15(4,5)17-13(18)9-12-7-6-8-16-10-12/h6-8,10H,9,11H2,1-5H3,(H,17,18). The maximum Gasteiger partial charge on any atom is 0.224 e. The van der Waals surface area contributed by atoms with Crippen LogP contribution in [0.15, 0.2) is 24.5 Å². The van der Waals surface area contributed by atoms with E-state index >= 15 is 0 Å². The summed E-state index contributed by atoms with van der Waals surface area (Å²) in [5.74, 6) is 0.0530. The van der Waals surface area contributed by atoms with Gasteiger partial charge in [0, 0.05) is 17.9 Å². The van der Waals surface area contributed by atoms with Gasteiger partial charge in [0.1, 0.15) is 0 Å². The van der Waals surface area contributed by atoms with Gasteiger partial charge >= 0.3 is 0 Å². The molecule has 0 fully saturated rings. The van der Waals surface area contributed by atoms with Gasteiger partial charge in [-0.25, -0.2) is 0 Å². The van der Waals surface area contributed by atoms with Crippen molar-refractivity contribution in [1.82, 2.24) is 10.3 Å². The van der Waals surface area contributed by atoms with Crippen LogP contribution in [0.3, 0.4) is 0 Å². The molecule has 18 heavy (non-hydrogen) atoms. The molecule has 0 aliphatic rings. The normalized spacial score (nSPS) is 12.3. The highest BCUT2D eigenvalue weighted by Crippen LogP contribution is 2.26. The molecule has 1 N–H and O–H groups in total. The van der Waals surface area contributed by atoms with Crippen LogP contribution in [0, 0.1) is 5.41 Å². The second-order valence-corrected chi connectivity index (χ2v) is 6.71. The van der Waals surface area contributed by atoms with E-state index in [0.29, 0.717) is 6.42 Å². The molecule has 0 bridgehead atoms. The van der Waals surface area contributed by atoms with Crippen LogP contribution in [0.4, 0.5) is 0 Å². The minimum atomic E-state index is -0.183. The van der Waals surface area contributed by atoms with Crippen LogP contribution < -0.4 is 5.32 Å². The molecule has 1 heterocycles. The van der Waals surface area contributed by atoms with E-state index in [4.69, 9.17) is 0 Å². The van der Waals surface area contributed by atoms with Crippen LogP contribution >= 0.6 is 0 Å². The first-order valence-corrected chi connectivity index (χ1v) is 6.38. The van der Waals surface area contributed by atoms with Crippen LogP contribution in [0.5, 0.6) is 0 Å². The van der Waals surface area contributed by atoms with Gasteiger partial charge < -0.3 is 5.32 Å². The number of nitrogens with one attached hydrogen (secondary N) is 1. The molecule has 0 atom stereocenters. The van der Waals surface area contributed by atoms with Crippen molar-refractivity contribution in [1.29, 1.82) is 0 Å². The molecule has 0 unspecified atom stereocenters. The van der Waals surface area contributed by atoms with Gasteiger partial charge in [-0.15, -0.1) is 0 Å². The molecule has 1 aromatic heterocycles. The number of hydrogen-bond donors (Lipinski definition) is 1. The highest BCUT2D eigenvalue weighted by atomic mass is 16.1. The minimum absolute atomic E-state index is 0.0530. The molecule has 0 aliphatic carbocycles. The van der Waals surface area contributed by atoms with Gasteiger partial charge in [0.15, 0.2) is 0 Å². The first-order valence-electron chi connectivity index (χ1n) is 6.38. The quantitative estimate of drug-likeness (QED) is 0.890. The summed E-state index contributed by atoms with van der Waals surface area (Å²) in [5, 5.41) is 3.09. The van der Waals surface area contributed by atoms with Crippen LogP contribution in [0.2, 0.25) is 0 Å². The number of pyridine rings is 1. The Bertz CT molecular complexity index is 391. The Kier molecular flexibility index (Phi) is 4.49. The Labute approximate surface area is 110 Å². The zero-order valence-electron chi connectivity index (χ0n) is 12.1. The molecule has 1 aromatic rings. The van der Waals surface area contributed by atoms with Gasteiger partial charge in [0.05, 0.1) is 6.42 Å². The summed E-state index contributed by atoms with van der Waals surface area (Å²) >= 11 is 0. The van der Waals surface area contributed by atoms with Crippen molar-refractivity contribution in [2.45, 2.75) is 53.0 Å². The average Bonchev–Trinajstić information content (AvgIpc) is 2.13. The van der Waals surface area contributed by atoms with Crippen molar-refractivity contribution in [3.8, 4) is 0 Å². The minimum Gasteiger partial charge on any atom is -0.351 e. The molecule has 100 valence electrons. The van der Waals surface area contributed by atoms with Crippen molar-refractivity contribution >= 4 is 5.91 Å². The number of aromatic nitrogens is 1. The first-order chi connectivity index (χ1) is 8.18. The lowest BCUT2D eigenvalue weighted by Gasteiger charge is -2.33. The van der Waals surface area contributed by atoms with Gasteiger partial charge in [-0.05, 0) is 37.3 Å². The predicted octanol–water partition coefficient (Wildman–Crippen LogP) is 2.96. The van der Waals surface area contributed by atoms with Crippen molar-refractivity contribution in [2.24, 2.45) is 5.41 Å². The van der Waals surface area contributed by atoms with Gasteiger partial charge in [-0.2, -0.15) is 0 Å². The average molecular weight is 248 g/mol. The Morgan fingerprint density at radius 3 is 2.44 bits per heavy atom. The van der Waals surface area contributed by atoms with Gasteiger partial charge in [0.2, 0.25) is 5.91 Å². The van der Waals surface area contributed by atoms with E-state index in [9.17, 15) is 4.79 Å². The van der Waals surface area contributed by atoms with Crippen molar-refractivity contribution in [2.75, 3.05) is 0 Å². The molecule has 0 saturated carbocycles. The van der Waals surface area contributed by atoms with Gasteiger partial charge in [-0.3, -0.25) is 9.78 Å². The van der Waals surface area contributed by atoms with E-state index in [1.54, 1.807) is 12.4 Å². The second-order valence-electron chi connectivity index (χ2n) is 6.71. The summed E-state index contributed by atoms with van der Waals surface area (Å²) in [7, 11) is 0. The van der Waals surface area contributed by atoms with Crippen molar-refractivity contribution in [3.05, 3.63) is 30.1 Å². The molecular formula is C15H24N2O. The Hall–Kier alpha value is -1.38. The topological polar surface area (TPSA) is 42.0 Å². The zero-order valence-corrected chi connectivity index (χ0v) is 12.1. The summed E-state index contributed by atoms with van der Waals surface area (Å²) < 4.78 is 0. The number of hydrogen-bond acceptors (Lipinski definition) is 2. The fraction of sp³-hybridized carbons (Fsp3) is 0.600. The SMILES string of the molecule is CC(C)(C)CC(C)(C)NC(=O)Cc1cccnc1. The summed E-state index contributed by atoms with van der Waals surface area (Å²) in [5.41, 5.74) is 0.962. The summed E-state index contributed by atoms with van der Waals surface area (Å²) in [6, 6.07) is 3.77. The smallest absolute Gasteiger partial charge is 0.224 e. The molecular weight excluding hydrogens is 224 g/mol. The zero-order chi connectivity index (χ0) is 13.8. The molecule has 0 aliphatic heterocycles. The fourth-order valence-electron chi connectivity index (χ4n) is 2.48. The molecule has 0 saturated heterocycles. The lowest BCUT2D eigenvalue weighted by atomic mass is 9.81. The van der Waals surface area contributed by atoms with E-state index in [0.717, 1.165) is 12.0 Å². The first kappa shape index (κ1) is 14.7. The van der Waals surface area contributed by atoms with Crippen LogP contribution in [-0.2, 0) is 11.2 Å². The molecule has 0 radical (unpaired) electrons. The Balaban J connectivity index is 2.54. The molecule has 1 amide bonds. The van der Waals surface area contributed by atoms with E-state index < -0.39 is 0 Å². The summed E-state index contributed by atoms with van der Waals surface area (Å²) in [6.07, 6.45) is 4.78. The number of nitrogens with zero attached hydrogens (tertiary/aromatic N) is 1. The maximum absolute atomic E-state index is 12.0. The molecule has 0 aromatic carbocycles. The van der Waals surface area contributed by atoms with E-state index in [1.165, 1.54) is 0 Å². The predicted molar refractivity (Wildman–Crippen MR) is 74.2 cm³/mol. The number of rotatable bonds is 4. The molecule has 3 nitrogen and oxygen atoms in total. The van der Waals surface area contributed by atoms with Gasteiger partial charge in [-0.1, -0.05) is 26.8 Å². The fourth-order valence-corrected chi connectivity index (χ4v) is 2.48. The number of carbonyl (C=O) groups is 1. The van der Waals surface area contributed by atoms with E-state index in [-0.39, 0.29) is 16.9 Å². The molecule has 0 spiro atoms. The van der Waals surface area contributed by atoms with Crippen molar-refractivity contribution < 1.29 is 4.79 Å². The Morgan fingerprint density at radius 1 is 1.28 bits per heavy atom. The summed E-state index contributed by atoms with van der Waals surface area (Å²) in [6.45, 7) is 10.7. The molecule has 1 rings (SSSR count). The monoisotopic (exact) mass is 248 g/mol. The van der Waals surface area contributed by atoms with Crippen LogP contribution in [0.25, 0.3) is 0 Å². The second kappa shape index (κ2) is 5.51. The summed E-state index contributed by atoms with van der Waals surface area (Å²) in [4.78, 5) is 16.0. The van der Waals surface area contributed by atoms with Crippen molar-refractivity contribution in [3.63, 3.8) is 0 Å². The highest BCUT2D eigenvalue weighted by Gasteiger charge is 2.26. The number of carbonyl (C=O) groups excluding carboxylic acids is 1. The Morgan fingerprint density at radius 2 is 1.94 bits per heavy atom. The third-order valence-electron chi connectivity index (χ3n) is 2.54. The highest BCUT2D eigenvalue weighted by molar-refractivity contribution is 5.79. The number of amides is 1.